The van der Waals surface area contributed by atoms with Gasteiger partial charge in [-0.3, -0.25) is 9.59 Å². The highest BCUT2D eigenvalue weighted by Crippen LogP contribution is 2.50. The van der Waals surface area contributed by atoms with E-state index in [9.17, 15) is 9.59 Å². The lowest BCUT2D eigenvalue weighted by Crippen LogP contribution is -2.21. The topological polar surface area (TPSA) is 71.1 Å². The molecule has 0 amide bonds. The van der Waals surface area contributed by atoms with Crippen LogP contribution in [-0.4, -0.2) is 33.8 Å². The number of benzene rings is 2. The monoisotopic (exact) mass is 393 g/mol. The third-order valence-corrected chi connectivity index (χ3v) is 5.83. The Balaban J connectivity index is 1.31. The first-order chi connectivity index (χ1) is 14.0. The maximum Gasteiger partial charge on any atom is 0.658 e. The van der Waals surface area contributed by atoms with Crippen molar-refractivity contribution in [2.24, 2.45) is 0 Å². The molecule has 4 rings (SSSR count). The van der Waals surface area contributed by atoms with Crippen molar-refractivity contribution in [3.63, 3.8) is 0 Å². The molecule has 0 unspecified atom stereocenters. The van der Waals surface area contributed by atoms with Crippen molar-refractivity contribution >= 4 is 19.6 Å². The van der Waals surface area contributed by atoms with Crippen LogP contribution in [0.2, 0.25) is 0 Å². The second-order valence-electron chi connectivity index (χ2n) is 7.53. The molecule has 0 spiro atoms. The molecule has 2 aromatic rings. The van der Waals surface area contributed by atoms with Gasteiger partial charge in [0.2, 0.25) is 0 Å². The van der Waals surface area contributed by atoms with E-state index in [4.69, 9.17) is 18.8 Å². The molecular weight excluding hydrogens is 371 g/mol. The maximum atomic E-state index is 11.9. The Morgan fingerprint density at radius 3 is 1.31 bits per heavy atom. The van der Waals surface area contributed by atoms with Gasteiger partial charge >= 0.3 is 19.6 Å². The average Bonchev–Trinajstić information content (AvgIpc) is 3.68. The summed E-state index contributed by atoms with van der Waals surface area (Å²) in [6.45, 7) is 0. The number of carbonyl (C=O) groups is 2. The molecule has 0 N–H and O–H groups in total. The Morgan fingerprint density at radius 1 is 0.690 bits per heavy atom. The van der Waals surface area contributed by atoms with E-state index in [2.05, 4.69) is 0 Å². The largest absolute Gasteiger partial charge is 0.658 e. The molecule has 6 nitrogen and oxygen atoms in total. The lowest BCUT2D eigenvalue weighted by molar-refractivity contribution is -0.144. The summed E-state index contributed by atoms with van der Waals surface area (Å²) in [6.07, 6.45) is 3.23. The summed E-state index contributed by atoms with van der Waals surface area (Å²) in [5, 5.41) is 0. The molecule has 2 aromatic carbocycles. The number of carbonyl (C=O) groups excluding carboxylic acids is 2. The van der Waals surface area contributed by atoms with Crippen LogP contribution < -0.4 is 9.31 Å². The Hall–Kier alpha value is -2.96. The van der Waals surface area contributed by atoms with Crippen molar-refractivity contribution in [2.75, 3.05) is 14.2 Å². The highest BCUT2D eigenvalue weighted by Gasteiger charge is 2.53. The number of methoxy groups -OCH3 is 2. The summed E-state index contributed by atoms with van der Waals surface area (Å²) in [6, 6.07) is 14.7. The van der Waals surface area contributed by atoms with Crippen LogP contribution in [0.25, 0.3) is 0 Å². The zero-order valence-corrected chi connectivity index (χ0v) is 16.5. The molecule has 2 saturated carbocycles. The Morgan fingerprint density at radius 2 is 1.03 bits per heavy atom. The smallest absolute Gasteiger partial charge is 0.526 e. The van der Waals surface area contributed by atoms with E-state index in [0.717, 1.165) is 36.8 Å². The standard InChI is InChI=1S/C22H22BO6/c1-26-19(24)21(11-12-21)15-3-7-17(8-4-15)28-23-29-18-9-5-16(6-10-18)22(13-14-22)20(25)27-2/h3-10H,11-14H2,1-2H3. The summed E-state index contributed by atoms with van der Waals surface area (Å²) in [5.41, 5.74) is 0.900. The number of ether oxygens (including phenoxy) is 2. The van der Waals surface area contributed by atoms with Gasteiger partial charge in [-0.2, -0.15) is 0 Å². The predicted octanol–water partition coefficient (Wildman–Crippen LogP) is 3.09. The molecule has 29 heavy (non-hydrogen) atoms. The van der Waals surface area contributed by atoms with E-state index in [1.807, 2.05) is 24.3 Å². The second kappa shape index (κ2) is 7.46. The van der Waals surface area contributed by atoms with Gasteiger partial charge in [0.25, 0.3) is 0 Å². The van der Waals surface area contributed by atoms with Crippen molar-refractivity contribution < 1.29 is 28.4 Å². The van der Waals surface area contributed by atoms with E-state index < -0.39 is 10.8 Å². The fraction of sp³-hybridized carbons (Fsp3) is 0.364. The molecule has 0 heterocycles. The fourth-order valence-electron chi connectivity index (χ4n) is 3.70. The minimum atomic E-state index is -0.488. The van der Waals surface area contributed by atoms with Crippen LogP contribution in [0.3, 0.4) is 0 Å². The van der Waals surface area contributed by atoms with E-state index in [0.29, 0.717) is 11.5 Å². The first-order valence-electron chi connectivity index (χ1n) is 9.57. The van der Waals surface area contributed by atoms with Crippen LogP contribution in [0.5, 0.6) is 11.5 Å². The molecule has 0 bridgehead atoms. The van der Waals surface area contributed by atoms with E-state index >= 15 is 0 Å². The van der Waals surface area contributed by atoms with Gasteiger partial charge < -0.3 is 18.8 Å². The van der Waals surface area contributed by atoms with Crippen LogP contribution in [0.4, 0.5) is 0 Å². The second-order valence-corrected chi connectivity index (χ2v) is 7.53. The highest BCUT2D eigenvalue weighted by molar-refractivity contribution is 6.20. The minimum Gasteiger partial charge on any atom is -0.526 e. The zero-order valence-electron chi connectivity index (χ0n) is 16.5. The fourth-order valence-corrected chi connectivity index (χ4v) is 3.70. The number of rotatable bonds is 8. The van der Waals surface area contributed by atoms with Crippen LogP contribution in [0, 0.1) is 0 Å². The van der Waals surface area contributed by atoms with Crippen LogP contribution in [-0.2, 0) is 29.9 Å². The van der Waals surface area contributed by atoms with Gasteiger partial charge in [-0.1, -0.05) is 24.3 Å². The highest BCUT2D eigenvalue weighted by atomic mass is 16.6. The predicted molar refractivity (Wildman–Crippen MR) is 106 cm³/mol. The van der Waals surface area contributed by atoms with Gasteiger partial charge in [-0.15, -0.1) is 0 Å². The molecule has 0 saturated heterocycles. The SMILES string of the molecule is COC(=O)C1(c2ccc(O[B]Oc3ccc(C4(C(=O)OC)CC4)cc3)cc2)CC1. The molecule has 1 radical (unpaired) electrons. The van der Waals surface area contributed by atoms with Crippen LogP contribution >= 0.6 is 0 Å². The van der Waals surface area contributed by atoms with Gasteiger partial charge in [-0.05, 0) is 61.1 Å². The van der Waals surface area contributed by atoms with E-state index in [1.54, 1.807) is 24.3 Å². The number of hydrogen-bond donors (Lipinski definition) is 0. The third-order valence-electron chi connectivity index (χ3n) is 5.83. The molecular formula is C22H22BO6. The van der Waals surface area contributed by atoms with Gasteiger partial charge in [0.05, 0.1) is 25.0 Å². The zero-order chi connectivity index (χ0) is 20.5. The summed E-state index contributed by atoms with van der Waals surface area (Å²) in [7, 11) is 4.09. The van der Waals surface area contributed by atoms with Crippen molar-refractivity contribution in [1.29, 1.82) is 0 Å². The van der Waals surface area contributed by atoms with Gasteiger partial charge in [-0.25, -0.2) is 0 Å². The average molecular weight is 393 g/mol. The van der Waals surface area contributed by atoms with Gasteiger partial charge in [0.1, 0.15) is 11.5 Å². The normalized spacial score (nSPS) is 17.6. The molecule has 149 valence electrons. The number of hydrogen-bond acceptors (Lipinski definition) is 6. The maximum absolute atomic E-state index is 11.9. The van der Waals surface area contributed by atoms with Crippen LogP contribution in [0.15, 0.2) is 48.5 Å². The van der Waals surface area contributed by atoms with Crippen LogP contribution in [0.1, 0.15) is 36.8 Å². The summed E-state index contributed by atoms with van der Waals surface area (Å²) < 4.78 is 20.8. The van der Waals surface area contributed by atoms with Crippen molar-refractivity contribution in [3.8, 4) is 11.5 Å². The summed E-state index contributed by atoms with van der Waals surface area (Å²) >= 11 is 0. The molecule has 0 atom stereocenters. The van der Waals surface area contributed by atoms with Gasteiger partial charge in [0, 0.05) is 0 Å². The lowest BCUT2D eigenvalue weighted by atomic mass is 9.96. The molecule has 0 aliphatic heterocycles. The van der Waals surface area contributed by atoms with Crippen molar-refractivity contribution in [3.05, 3.63) is 59.7 Å². The lowest BCUT2D eigenvalue weighted by Gasteiger charge is -2.14. The van der Waals surface area contributed by atoms with E-state index in [1.165, 1.54) is 21.9 Å². The first-order valence-corrected chi connectivity index (χ1v) is 9.57. The quantitative estimate of drug-likeness (QED) is 0.507. The van der Waals surface area contributed by atoms with Gasteiger partial charge in [0.15, 0.2) is 0 Å². The Bertz CT molecular complexity index is 822. The summed E-state index contributed by atoms with van der Waals surface area (Å²) in [4.78, 5) is 23.9. The molecule has 2 aliphatic carbocycles. The first kappa shape index (κ1) is 19.4. The molecule has 0 aromatic heterocycles. The Kier molecular flexibility index (Phi) is 4.98. The van der Waals surface area contributed by atoms with Crippen molar-refractivity contribution in [2.45, 2.75) is 36.5 Å². The number of esters is 2. The minimum absolute atomic E-state index is 0.190. The van der Waals surface area contributed by atoms with Crippen molar-refractivity contribution in [1.82, 2.24) is 0 Å². The van der Waals surface area contributed by atoms with E-state index in [-0.39, 0.29) is 11.9 Å². The Labute approximate surface area is 170 Å². The summed E-state index contributed by atoms with van der Waals surface area (Å²) in [5.74, 6) is 0.830. The molecule has 7 heteroatoms. The molecule has 2 aliphatic rings. The molecule has 2 fully saturated rings. The third kappa shape index (κ3) is 3.57.